The van der Waals surface area contributed by atoms with Crippen molar-refractivity contribution in [1.82, 2.24) is 10.6 Å². The number of aliphatic hydroxyl groups is 1. The van der Waals surface area contributed by atoms with Crippen molar-refractivity contribution in [3.05, 3.63) is 0 Å². The number of hydrogen-bond donors (Lipinski definition) is 3. The molecule has 1 unspecified atom stereocenters. The van der Waals surface area contributed by atoms with E-state index in [-0.39, 0.29) is 11.5 Å². The Kier molecular flexibility index (Phi) is 3.56. The Balaban J connectivity index is 1.91. The van der Waals surface area contributed by atoms with Crippen LogP contribution >= 0.6 is 0 Å². The Morgan fingerprint density at radius 3 is 2.89 bits per heavy atom. The fraction of sp³-hybridized carbons (Fsp3) is 0.923. The first-order chi connectivity index (χ1) is 8.33. The highest BCUT2D eigenvalue weighted by molar-refractivity contribution is 5.67. The fourth-order valence-corrected chi connectivity index (χ4v) is 3.13. The van der Waals surface area contributed by atoms with Crippen LogP contribution in [0, 0.1) is 11.3 Å². The van der Waals surface area contributed by atoms with Gasteiger partial charge in [0.25, 0.3) is 0 Å². The third-order valence-corrected chi connectivity index (χ3v) is 4.07. The minimum absolute atomic E-state index is 0.198. The van der Waals surface area contributed by atoms with Crippen molar-refractivity contribution in [1.29, 1.82) is 0 Å². The van der Waals surface area contributed by atoms with E-state index in [1.54, 1.807) is 0 Å². The molecule has 104 valence electrons. The van der Waals surface area contributed by atoms with Crippen molar-refractivity contribution >= 4 is 6.09 Å². The number of amides is 1. The summed E-state index contributed by atoms with van der Waals surface area (Å²) in [4.78, 5) is 11.7. The average molecular weight is 256 g/mol. The molecular weight excluding hydrogens is 232 g/mol. The average Bonchev–Trinajstić information content (AvgIpc) is 2.75. The molecule has 0 aromatic rings. The van der Waals surface area contributed by atoms with Gasteiger partial charge in [-0.05, 0) is 46.1 Å². The number of rotatable bonds is 2. The van der Waals surface area contributed by atoms with E-state index in [4.69, 9.17) is 4.74 Å². The molecule has 1 amide bonds. The summed E-state index contributed by atoms with van der Waals surface area (Å²) in [7, 11) is 0. The smallest absolute Gasteiger partial charge is 0.407 e. The first-order valence-corrected chi connectivity index (χ1v) is 6.69. The summed E-state index contributed by atoms with van der Waals surface area (Å²) >= 11 is 0. The van der Waals surface area contributed by atoms with Crippen LogP contribution in [0.5, 0.6) is 0 Å². The molecule has 1 saturated carbocycles. The predicted molar refractivity (Wildman–Crippen MR) is 68.3 cm³/mol. The maximum absolute atomic E-state index is 11.7. The van der Waals surface area contributed by atoms with Gasteiger partial charge in [-0.25, -0.2) is 4.79 Å². The van der Waals surface area contributed by atoms with E-state index in [1.165, 1.54) is 0 Å². The summed E-state index contributed by atoms with van der Waals surface area (Å²) in [6, 6.07) is 0. The summed E-state index contributed by atoms with van der Waals surface area (Å²) in [5.41, 5.74) is -0.680. The maximum Gasteiger partial charge on any atom is 0.407 e. The molecule has 2 rings (SSSR count). The molecular formula is C13H24N2O3. The molecule has 2 aliphatic rings. The molecule has 0 radical (unpaired) electrons. The van der Waals surface area contributed by atoms with Gasteiger partial charge in [0.2, 0.25) is 0 Å². The number of carbonyl (C=O) groups is 1. The highest BCUT2D eigenvalue weighted by Crippen LogP contribution is 2.45. The lowest BCUT2D eigenvalue weighted by Crippen LogP contribution is -2.47. The SMILES string of the molecule is CC(C)(C)OC(=O)NC[C@]12CNC[C@H]1CCC2O. The van der Waals surface area contributed by atoms with Crippen LogP contribution < -0.4 is 10.6 Å². The quantitative estimate of drug-likeness (QED) is 0.685. The highest BCUT2D eigenvalue weighted by atomic mass is 16.6. The van der Waals surface area contributed by atoms with Crippen LogP contribution in [0.25, 0.3) is 0 Å². The van der Waals surface area contributed by atoms with Crippen LogP contribution in [0.3, 0.4) is 0 Å². The van der Waals surface area contributed by atoms with E-state index in [0.717, 1.165) is 25.9 Å². The van der Waals surface area contributed by atoms with Gasteiger partial charge in [0.1, 0.15) is 5.60 Å². The zero-order valence-corrected chi connectivity index (χ0v) is 11.5. The molecule has 1 heterocycles. The van der Waals surface area contributed by atoms with E-state index in [0.29, 0.717) is 12.5 Å². The summed E-state index contributed by atoms with van der Waals surface area (Å²) in [5, 5.41) is 16.3. The molecule has 18 heavy (non-hydrogen) atoms. The monoisotopic (exact) mass is 256 g/mol. The zero-order chi connectivity index (χ0) is 13.4. The number of nitrogens with one attached hydrogen (secondary N) is 2. The van der Waals surface area contributed by atoms with Gasteiger partial charge in [-0.3, -0.25) is 0 Å². The van der Waals surface area contributed by atoms with Gasteiger partial charge < -0.3 is 20.5 Å². The molecule has 3 N–H and O–H groups in total. The third-order valence-electron chi connectivity index (χ3n) is 4.07. The summed E-state index contributed by atoms with van der Waals surface area (Å²) in [6.45, 7) is 7.72. The van der Waals surface area contributed by atoms with E-state index in [2.05, 4.69) is 10.6 Å². The van der Waals surface area contributed by atoms with Crippen LogP contribution in [0.15, 0.2) is 0 Å². The number of ether oxygens (including phenoxy) is 1. The van der Waals surface area contributed by atoms with E-state index in [1.807, 2.05) is 20.8 Å². The van der Waals surface area contributed by atoms with E-state index >= 15 is 0 Å². The molecule has 1 aliphatic heterocycles. The van der Waals surface area contributed by atoms with Crippen LogP contribution in [-0.4, -0.2) is 42.5 Å². The summed E-state index contributed by atoms with van der Waals surface area (Å²) in [5.74, 6) is 0.461. The first-order valence-electron chi connectivity index (χ1n) is 6.69. The van der Waals surface area contributed by atoms with E-state index < -0.39 is 11.7 Å². The van der Waals surface area contributed by atoms with Crippen LogP contribution in [0.2, 0.25) is 0 Å². The number of hydrogen-bond acceptors (Lipinski definition) is 4. The molecule has 1 saturated heterocycles. The fourth-order valence-electron chi connectivity index (χ4n) is 3.13. The molecule has 3 atom stereocenters. The number of aliphatic hydroxyl groups excluding tert-OH is 1. The first kappa shape index (κ1) is 13.6. The molecule has 0 spiro atoms. The number of alkyl carbamates (subject to hydrolysis) is 1. The molecule has 0 bridgehead atoms. The van der Waals surface area contributed by atoms with Gasteiger partial charge in [-0.15, -0.1) is 0 Å². The predicted octanol–water partition coefficient (Wildman–Crippen LogP) is 0.872. The Morgan fingerprint density at radius 1 is 1.50 bits per heavy atom. The van der Waals surface area contributed by atoms with Crippen molar-refractivity contribution < 1.29 is 14.6 Å². The normalized spacial score (nSPS) is 35.3. The lowest BCUT2D eigenvalue weighted by molar-refractivity contribution is 0.0321. The van der Waals surface area contributed by atoms with Crippen molar-refractivity contribution in [3.63, 3.8) is 0 Å². The number of carbonyl (C=O) groups excluding carboxylic acids is 1. The number of fused-ring (bicyclic) bond motifs is 1. The van der Waals surface area contributed by atoms with Gasteiger partial charge in [0, 0.05) is 18.5 Å². The largest absolute Gasteiger partial charge is 0.444 e. The van der Waals surface area contributed by atoms with Gasteiger partial charge >= 0.3 is 6.09 Å². The van der Waals surface area contributed by atoms with Crippen molar-refractivity contribution in [3.8, 4) is 0 Å². The van der Waals surface area contributed by atoms with Gasteiger partial charge in [-0.1, -0.05) is 0 Å². The maximum atomic E-state index is 11.7. The lowest BCUT2D eigenvalue weighted by atomic mass is 9.79. The Labute approximate surface area is 108 Å². The second kappa shape index (κ2) is 4.70. The highest BCUT2D eigenvalue weighted by Gasteiger charge is 2.52. The lowest BCUT2D eigenvalue weighted by Gasteiger charge is -2.32. The minimum atomic E-state index is -0.483. The minimum Gasteiger partial charge on any atom is -0.444 e. The van der Waals surface area contributed by atoms with Crippen molar-refractivity contribution in [2.75, 3.05) is 19.6 Å². The third kappa shape index (κ3) is 2.62. The van der Waals surface area contributed by atoms with Gasteiger partial charge in [0.05, 0.1) is 6.10 Å². The Morgan fingerprint density at radius 2 is 2.22 bits per heavy atom. The summed E-state index contributed by atoms with van der Waals surface area (Å²) < 4.78 is 5.23. The van der Waals surface area contributed by atoms with Crippen LogP contribution in [0.1, 0.15) is 33.6 Å². The van der Waals surface area contributed by atoms with Gasteiger partial charge in [0.15, 0.2) is 0 Å². The van der Waals surface area contributed by atoms with Crippen LogP contribution in [0.4, 0.5) is 4.79 Å². The van der Waals surface area contributed by atoms with E-state index in [9.17, 15) is 9.90 Å². The second-order valence-electron chi connectivity index (χ2n) is 6.51. The molecule has 1 aliphatic carbocycles. The second-order valence-corrected chi connectivity index (χ2v) is 6.51. The van der Waals surface area contributed by atoms with Gasteiger partial charge in [-0.2, -0.15) is 0 Å². The molecule has 0 aromatic heterocycles. The molecule has 2 fully saturated rings. The summed E-state index contributed by atoms with van der Waals surface area (Å²) in [6.07, 6.45) is 1.14. The van der Waals surface area contributed by atoms with Crippen molar-refractivity contribution in [2.45, 2.75) is 45.3 Å². The van der Waals surface area contributed by atoms with Crippen LogP contribution in [-0.2, 0) is 4.74 Å². The molecule has 5 nitrogen and oxygen atoms in total. The standard InChI is InChI=1S/C13H24N2O3/c1-12(2,3)18-11(17)15-8-13-7-14-6-9(13)4-5-10(13)16/h9-10,14,16H,4-8H2,1-3H3,(H,15,17)/t9-,10?,13-/m1/s1. The molecule has 0 aromatic carbocycles. The molecule has 5 heteroatoms. The van der Waals surface area contributed by atoms with Crippen molar-refractivity contribution in [2.24, 2.45) is 11.3 Å². The Hall–Kier alpha value is -0.810. The Bertz CT molecular complexity index is 327. The zero-order valence-electron chi connectivity index (χ0n) is 11.5. The topological polar surface area (TPSA) is 70.6 Å².